The highest BCUT2D eigenvalue weighted by Gasteiger charge is 2.32. The van der Waals surface area contributed by atoms with E-state index in [4.69, 9.17) is 9.15 Å². The number of ether oxygens (including phenoxy) is 2. The van der Waals surface area contributed by atoms with Gasteiger partial charge in [-0.2, -0.15) is 5.10 Å². The maximum atomic E-state index is 12.6. The molecule has 0 aromatic carbocycles. The van der Waals surface area contributed by atoms with Crippen LogP contribution in [0.1, 0.15) is 28.8 Å². The van der Waals surface area contributed by atoms with Crippen LogP contribution >= 0.6 is 0 Å². The summed E-state index contributed by atoms with van der Waals surface area (Å²) in [5.74, 6) is -0.552. The molecular weight excluding hydrogens is 409 g/mol. The van der Waals surface area contributed by atoms with E-state index in [-0.39, 0.29) is 35.9 Å². The average Bonchev–Trinajstić information content (AvgIpc) is 3.47. The Hall–Kier alpha value is -3.64. The molecule has 1 aliphatic rings. The molecule has 4 rings (SSSR count). The molecule has 4 heterocycles. The van der Waals surface area contributed by atoms with E-state index in [1.54, 1.807) is 15.9 Å². The monoisotopic (exact) mass is 424 g/mol. The van der Waals surface area contributed by atoms with Crippen molar-refractivity contribution in [1.82, 2.24) is 29.6 Å². The molecule has 0 spiro atoms. The molecule has 1 unspecified atom stereocenters. The molecule has 3 aromatic heterocycles. The number of alkyl halides is 3. The van der Waals surface area contributed by atoms with Crippen molar-refractivity contribution in [2.24, 2.45) is 0 Å². The van der Waals surface area contributed by atoms with E-state index in [2.05, 4.69) is 24.8 Å². The molecular formula is C17H15F3N6O4. The summed E-state index contributed by atoms with van der Waals surface area (Å²) >= 11 is 0. The van der Waals surface area contributed by atoms with Gasteiger partial charge in [-0.25, -0.2) is 19.6 Å². The summed E-state index contributed by atoms with van der Waals surface area (Å²) in [6, 6.07) is 2.34. The fourth-order valence-electron chi connectivity index (χ4n) is 2.96. The maximum absolute atomic E-state index is 12.6. The van der Waals surface area contributed by atoms with Crippen molar-refractivity contribution in [2.45, 2.75) is 25.4 Å². The number of hydrogen-bond acceptors (Lipinski definition) is 8. The number of carbonyl (C=O) groups is 1. The van der Waals surface area contributed by atoms with Crippen LogP contribution in [-0.4, -0.2) is 55.0 Å². The van der Waals surface area contributed by atoms with Crippen LogP contribution in [0, 0.1) is 0 Å². The lowest BCUT2D eigenvalue weighted by Crippen LogP contribution is -2.29. The fourth-order valence-corrected chi connectivity index (χ4v) is 2.96. The molecule has 30 heavy (non-hydrogen) atoms. The summed E-state index contributed by atoms with van der Waals surface area (Å²) in [6.07, 6.45) is 1.31. The number of rotatable bonds is 6. The van der Waals surface area contributed by atoms with E-state index in [0.717, 1.165) is 18.7 Å². The lowest BCUT2D eigenvalue weighted by Gasteiger charge is -2.14. The van der Waals surface area contributed by atoms with Gasteiger partial charge in [-0.15, -0.1) is 13.2 Å². The van der Waals surface area contributed by atoms with Gasteiger partial charge in [-0.05, 0) is 12.5 Å². The van der Waals surface area contributed by atoms with E-state index in [9.17, 15) is 18.0 Å². The molecule has 1 fully saturated rings. The number of nitrogens with zero attached hydrogens (tertiary/aromatic N) is 6. The quantitative estimate of drug-likeness (QED) is 0.593. The lowest BCUT2D eigenvalue weighted by molar-refractivity contribution is -0.276. The van der Waals surface area contributed by atoms with Gasteiger partial charge in [0.15, 0.2) is 12.3 Å². The third kappa shape index (κ3) is 4.67. The predicted molar refractivity (Wildman–Crippen MR) is 91.3 cm³/mol. The number of aromatic nitrogens is 5. The number of hydrogen-bond donors (Lipinski definition) is 0. The number of carbonyl (C=O) groups excluding carboxylic acids is 1. The molecule has 1 amide bonds. The molecule has 1 atom stereocenters. The number of likely N-dealkylation sites (tertiary alicyclic amines) is 1. The number of halogens is 3. The molecule has 10 nitrogen and oxygen atoms in total. The van der Waals surface area contributed by atoms with E-state index < -0.39 is 12.2 Å². The fraction of sp³-hybridized carbons (Fsp3) is 0.353. The Kier molecular flexibility index (Phi) is 5.25. The highest BCUT2D eigenvalue weighted by atomic mass is 19.4. The largest absolute Gasteiger partial charge is 0.574 e. The minimum absolute atomic E-state index is 0.0583. The summed E-state index contributed by atoms with van der Waals surface area (Å²) < 4.78 is 52.4. The van der Waals surface area contributed by atoms with Crippen LogP contribution in [0.15, 0.2) is 41.7 Å². The molecule has 0 N–H and O–H groups in total. The van der Waals surface area contributed by atoms with Gasteiger partial charge >= 0.3 is 6.36 Å². The minimum Gasteiger partial charge on any atom is -0.482 e. The third-order valence-electron chi connectivity index (χ3n) is 4.32. The van der Waals surface area contributed by atoms with Crippen molar-refractivity contribution in [3.63, 3.8) is 0 Å². The molecule has 0 bridgehead atoms. The molecule has 1 saturated heterocycles. The van der Waals surface area contributed by atoms with Crippen molar-refractivity contribution in [2.75, 3.05) is 13.1 Å². The predicted octanol–water partition coefficient (Wildman–Crippen LogP) is 2.23. The van der Waals surface area contributed by atoms with E-state index >= 15 is 0 Å². The van der Waals surface area contributed by atoms with Gasteiger partial charge in [0.2, 0.25) is 11.8 Å². The van der Waals surface area contributed by atoms with Crippen molar-refractivity contribution < 1.29 is 31.9 Å². The van der Waals surface area contributed by atoms with Gasteiger partial charge in [-0.1, -0.05) is 0 Å². The van der Waals surface area contributed by atoms with Gasteiger partial charge < -0.3 is 18.8 Å². The Bertz CT molecular complexity index is 990. The van der Waals surface area contributed by atoms with E-state index in [1.165, 1.54) is 18.7 Å². The SMILES string of the molecule is O=C(c1coc(COc2ccc(OC(F)(F)F)nc2)n1)N1CCC(n2cncn2)C1. The van der Waals surface area contributed by atoms with Crippen molar-refractivity contribution in [3.05, 3.63) is 48.8 Å². The van der Waals surface area contributed by atoms with Gasteiger partial charge in [0.1, 0.15) is 24.7 Å². The van der Waals surface area contributed by atoms with Gasteiger partial charge in [0, 0.05) is 19.2 Å². The Labute approximate surface area is 167 Å². The third-order valence-corrected chi connectivity index (χ3v) is 4.32. The Balaban J connectivity index is 1.30. The van der Waals surface area contributed by atoms with Gasteiger partial charge in [0.25, 0.3) is 5.91 Å². The maximum Gasteiger partial charge on any atom is 0.574 e. The molecule has 158 valence electrons. The first-order valence-corrected chi connectivity index (χ1v) is 8.80. The molecule has 0 aliphatic carbocycles. The van der Waals surface area contributed by atoms with Crippen LogP contribution in [0.5, 0.6) is 11.6 Å². The molecule has 0 radical (unpaired) electrons. The zero-order valence-electron chi connectivity index (χ0n) is 15.3. The molecule has 13 heteroatoms. The smallest absolute Gasteiger partial charge is 0.482 e. The van der Waals surface area contributed by atoms with Crippen molar-refractivity contribution in [3.8, 4) is 11.6 Å². The number of amides is 1. The summed E-state index contributed by atoms with van der Waals surface area (Å²) in [7, 11) is 0. The Morgan fingerprint density at radius 1 is 1.33 bits per heavy atom. The zero-order chi connectivity index (χ0) is 21.1. The van der Waals surface area contributed by atoms with Crippen LogP contribution in [0.2, 0.25) is 0 Å². The van der Waals surface area contributed by atoms with Gasteiger partial charge in [-0.3, -0.25) is 4.79 Å². The summed E-state index contributed by atoms with van der Waals surface area (Å²) in [6.45, 7) is 0.912. The molecule has 0 saturated carbocycles. The zero-order valence-corrected chi connectivity index (χ0v) is 15.3. The van der Waals surface area contributed by atoms with E-state index in [1.807, 2.05) is 0 Å². The second kappa shape index (κ2) is 8.00. The summed E-state index contributed by atoms with van der Waals surface area (Å²) in [4.78, 5) is 25.8. The van der Waals surface area contributed by atoms with Crippen molar-refractivity contribution in [1.29, 1.82) is 0 Å². The molecule has 1 aliphatic heterocycles. The first-order chi connectivity index (χ1) is 14.4. The standard InChI is InChI=1S/C17H15F3N6O4/c18-17(19,20)30-14-2-1-12(5-22-14)28-8-15-24-13(7-29-15)16(27)25-4-3-11(6-25)26-10-21-9-23-26/h1-2,5,7,9-11H,3-4,6,8H2. The normalized spacial score (nSPS) is 16.6. The Morgan fingerprint density at radius 3 is 2.90 bits per heavy atom. The summed E-state index contributed by atoms with van der Waals surface area (Å²) in [5.41, 5.74) is 0.139. The highest BCUT2D eigenvalue weighted by molar-refractivity contribution is 5.92. The van der Waals surface area contributed by atoms with E-state index in [0.29, 0.717) is 13.1 Å². The van der Waals surface area contributed by atoms with Crippen LogP contribution in [0.4, 0.5) is 13.2 Å². The number of oxazole rings is 1. The van der Waals surface area contributed by atoms with Crippen LogP contribution < -0.4 is 9.47 Å². The minimum atomic E-state index is -4.82. The second-order valence-electron chi connectivity index (χ2n) is 6.36. The highest BCUT2D eigenvalue weighted by Crippen LogP contribution is 2.23. The summed E-state index contributed by atoms with van der Waals surface area (Å²) in [5, 5.41) is 4.09. The Morgan fingerprint density at radius 2 is 2.20 bits per heavy atom. The van der Waals surface area contributed by atoms with Crippen LogP contribution in [0.3, 0.4) is 0 Å². The topological polar surface area (TPSA) is 108 Å². The first kappa shape index (κ1) is 19.7. The second-order valence-corrected chi connectivity index (χ2v) is 6.36. The molecule has 3 aromatic rings. The average molecular weight is 424 g/mol. The number of pyridine rings is 1. The van der Waals surface area contributed by atoms with Crippen LogP contribution in [0.25, 0.3) is 0 Å². The lowest BCUT2D eigenvalue weighted by atomic mass is 10.3. The first-order valence-electron chi connectivity index (χ1n) is 8.80. The van der Waals surface area contributed by atoms with Gasteiger partial charge in [0.05, 0.1) is 12.2 Å². The van der Waals surface area contributed by atoms with Crippen molar-refractivity contribution >= 4 is 5.91 Å². The van der Waals surface area contributed by atoms with Crippen LogP contribution in [-0.2, 0) is 6.61 Å².